The molecular formula is C10H17N3O3S. The molecule has 0 aliphatic heterocycles. The van der Waals surface area contributed by atoms with Gasteiger partial charge in [-0.2, -0.15) is 0 Å². The van der Waals surface area contributed by atoms with E-state index in [0.29, 0.717) is 31.1 Å². The molecule has 0 aromatic heterocycles. The zero-order valence-electron chi connectivity index (χ0n) is 9.64. The molecule has 0 saturated carbocycles. The van der Waals surface area contributed by atoms with Gasteiger partial charge in [-0.1, -0.05) is 0 Å². The van der Waals surface area contributed by atoms with Gasteiger partial charge in [-0.3, -0.25) is 0 Å². The van der Waals surface area contributed by atoms with Gasteiger partial charge in [-0.25, -0.2) is 13.6 Å². The molecule has 6 nitrogen and oxygen atoms in total. The van der Waals surface area contributed by atoms with Gasteiger partial charge in [0.1, 0.15) is 0 Å². The van der Waals surface area contributed by atoms with Crippen LogP contribution in [-0.2, 0) is 14.8 Å². The summed E-state index contributed by atoms with van der Waals surface area (Å²) < 4.78 is 27.3. The van der Waals surface area contributed by atoms with Crippen LogP contribution in [0.5, 0.6) is 0 Å². The van der Waals surface area contributed by atoms with E-state index < -0.39 is 10.0 Å². The monoisotopic (exact) mass is 259 g/mol. The molecule has 1 aromatic carbocycles. The number of ether oxygens (including phenoxy) is 1. The highest BCUT2D eigenvalue weighted by atomic mass is 32.2. The second-order valence-corrected chi connectivity index (χ2v) is 4.98. The molecule has 0 heterocycles. The minimum atomic E-state index is -3.70. The summed E-state index contributed by atoms with van der Waals surface area (Å²) in [5.41, 5.74) is 6.71. The first-order valence-corrected chi connectivity index (χ1v) is 6.73. The maximum absolute atomic E-state index is 11.1. The summed E-state index contributed by atoms with van der Waals surface area (Å²) in [5.74, 6) is 0. The van der Waals surface area contributed by atoms with E-state index in [9.17, 15) is 8.42 Å². The highest BCUT2D eigenvalue weighted by molar-refractivity contribution is 7.89. The Morgan fingerprint density at radius 3 is 2.65 bits per heavy atom. The molecule has 1 rings (SSSR count). The van der Waals surface area contributed by atoms with Gasteiger partial charge in [0.15, 0.2) is 0 Å². The molecule has 7 heteroatoms. The Morgan fingerprint density at radius 2 is 2.12 bits per heavy atom. The van der Waals surface area contributed by atoms with Crippen molar-refractivity contribution < 1.29 is 13.2 Å². The molecule has 0 bridgehead atoms. The third-order valence-corrected chi connectivity index (χ3v) is 3.03. The Bertz CT molecular complexity index is 474. The second-order valence-electron chi connectivity index (χ2n) is 3.42. The average Bonchev–Trinajstić information content (AvgIpc) is 2.24. The topological polar surface area (TPSA) is 107 Å². The van der Waals surface area contributed by atoms with Crippen LogP contribution in [0, 0.1) is 0 Å². The van der Waals surface area contributed by atoms with Crippen LogP contribution in [0.25, 0.3) is 0 Å². The Labute approximate surface area is 101 Å². The standard InChI is InChI=1S/C10H17N3O3S/c1-2-16-6-5-13-10-4-3-8(7-9(10)11)17(12,14)15/h3-4,7,13H,2,5-6,11H2,1H3,(H2,12,14,15). The number of primary sulfonamides is 1. The van der Waals surface area contributed by atoms with Gasteiger partial charge >= 0.3 is 0 Å². The van der Waals surface area contributed by atoms with Crippen LogP contribution in [0.1, 0.15) is 6.92 Å². The first-order chi connectivity index (χ1) is 7.95. The molecular weight excluding hydrogens is 242 g/mol. The van der Waals surface area contributed by atoms with Crippen LogP contribution < -0.4 is 16.2 Å². The average molecular weight is 259 g/mol. The second kappa shape index (κ2) is 5.85. The van der Waals surface area contributed by atoms with Crippen molar-refractivity contribution in [3.63, 3.8) is 0 Å². The van der Waals surface area contributed by atoms with Crippen LogP contribution in [0.15, 0.2) is 23.1 Å². The zero-order valence-corrected chi connectivity index (χ0v) is 10.5. The van der Waals surface area contributed by atoms with E-state index in [4.69, 9.17) is 15.6 Å². The number of sulfonamides is 1. The molecule has 5 N–H and O–H groups in total. The van der Waals surface area contributed by atoms with Crippen molar-refractivity contribution in [2.75, 3.05) is 30.8 Å². The summed E-state index contributed by atoms with van der Waals surface area (Å²) in [5, 5.41) is 8.03. The van der Waals surface area contributed by atoms with Gasteiger partial charge in [0, 0.05) is 13.2 Å². The van der Waals surface area contributed by atoms with Gasteiger partial charge < -0.3 is 15.8 Å². The molecule has 0 fully saturated rings. The Kier molecular flexibility index (Phi) is 4.73. The lowest BCUT2D eigenvalue weighted by atomic mass is 10.2. The molecule has 0 unspecified atom stereocenters. The molecule has 17 heavy (non-hydrogen) atoms. The van der Waals surface area contributed by atoms with Crippen molar-refractivity contribution in [3.8, 4) is 0 Å². The maximum atomic E-state index is 11.1. The number of nitrogen functional groups attached to an aromatic ring is 1. The third kappa shape index (κ3) is 4.22. The highest BCUT2D eigenvalue weighted by Gasteiger charge is 2.09. The van der Waals surface area contributed by atoms with E-state index in [1.165, 1.54) is 12.1 Å². The fourth-order valence-corrected chi connectivity index (χ4v) is 1.83. The van der Waals surface area contributed by atoms with Gasteiger partial charge in [-0.05, 0) is 25.1 Å². The molecule has 0 aliphatic rings. The Morgan fingerprint density at radius 1 is 1.41 bits per heavy atom. The van der Waals surface area contributed by atoms with Gasteiger partial charge in [-0.15, -0.1) is 0 Å². The molecule has 96 valence electrons. The summed E-state index contributed by atoms with van der Waals surface area (Å²) >= 11 is 0. The summed E-state index contributed by atoms with van der Waals surface area (Å²) in [4.78, 5) is 0.00496. The number of hydrogen-bond acceptors (Lipinski definition) is 5. The predicted molar refractivity (Wildman–Crippen MR) is 67.2 cm³/mol. The van der Waals surface area contributed by atoms with Crippen LogP contribution in [0.2, 0.25) is 0 Å². The van der Waals surface area contributed by atoms with Crippen molar-refractivity contribution in [1.82, 2.24) is 0 Å². The van der Waals surface area contributed by atoms with E-state index in [-0.39, 0.29) is 4.90 Å². The van der Waals surface area contributed by atoms with E-state index in [1.54, 1.807) is 6.07 Å². The summed E-state index contributed by atoms with van der Waals surface area (Å²) in [6.45, 7) is 3.73. The number of anilines is 2. The van der Waals surface area contributed by atoms with Gasteiger partial charge in [0.05, 0.1) is 22.9 Å². The van der Waals surface area contributed by atoms with Crippen molar-refractivity contribution in [2.24, 2.45) is 5.14 Å². The van der Waals surface area contributed by atoms with Crippen LogP contribution in [0.4, 0.5) is 11.4 Å². The fourth-order valence-electron chi connectivity index (χ4n) is 1.28. The summed E-state index contributed by atoms with van der Waals surface area (Å²) in [6.07, 6.45) is 0. The Balaban J connectivity index is 2.70. The lowest BCUT2D eigenvalue weighted by Crippen LogP contribution is -2.14. The SMILES string of the molecule is CCOCCNc1ccc(S(N)(=O)=O)cc1N. The first-order valence-electron chi connectivity index (χ1n) is 5.19. The van der Waals surface area contributed by atoms with E-state index in [2.05, 4.69) is 5.32 Å². The van der Waals surface area contributed by atoms with Gasteiger partial charge in [0.2, 0.25) is 10.0 Å². The number of nitrogens with two attached hydrogens (primary N) is 2. The number of rotatable bonds is 6. The first kappa shape index (κ1) is 13.8. The molecule has 1 aromatic rings. The zero-order chi connectivity index (χ0) is 12.9. The molecule has 0 radical (unpaired) electrons. The maximum Gasteiger partial charge on any atom is 0.238 e. The van der Waals surface area contributed by atoms with Crippen LogP contribution in [0.3, 0.4) is 0 Å². The largest absolute Gasteiger partial charge is 0.397 e. The number of hydrogen-bond donors (Lipinski definition) is 3. The fraction of sp³-hybridized carbons (Fsp3) is 0.400. The lowest BCUT2D eigenvalue weighted by molar-refractivity contribution is 0.158. The van der Waals surface area contributed by atoms with Crippen molar-refractivity contribution in [3.05, 3.63) is 18.2 Å². The Hall–Kier alpha value is -1.31. The summed E-state index contributed by atoms with van der Waals surface area (Å²) in [6, 6.07) is 4.33. The molecule has 0 amide bonds. The van der Waals surface area contributed by atoms with Crippen molar-refractivity contribution in [2.45, 2.75) is 11.8 Å². The van der Waals surface area contributed by atoms with Crippen molar-refractivity contribution in [1.29, 1.82) is 0 Å². The highest BCUT2D eigenvalue weighted by Crippen LogP contribution is 2.21. The molecule has 0 aliphatic carbocycles. The smallest absolute Gasteiger partial charge is 0.238 e. The molecule has 0 atom stereocenters. The number of benzene rings is 1. The van der Waals surface area contributed by atoms with E-state index in [1.807, 2.05) is 6.92 Å². The quantitative estimate of drug-likeness (QED) is 0.505. The van der Waals surface area contributed by atoms with Crippen LogP contribution in [-0.4, -0.2) is 28.2 Å². The minimum Gasteiger partial charge on any atom is -0.397 e. The minimum absolute atomic E-state index is 0.00496. The molecule has 0 saturated heterocycles. The van der Waals surface area contributed by atoms with E-state index in [0.717, 1.165) is 0 Å². The van der Waals surface area contributed by atoms with E-state index >= 15 is 0 Å². The predicted octanol–water partition coefficient (Wildman–Crippen LogP) is 0.365. The third-order valence-electron chi connectivity index (χ3n) is 2.12. The normalized spacial score (nSPS) is 11.4. The van der Waals surface area contributed by atoms with Crippen LogP contribution >= 0.6 is 0 Å². The van der Waals surface area contributed by atoms with Crippen molar-refractivity contribution >= 4 is 21.4 Å². The summed E-state index contributed by atoms with van der Waals surface area (Å²) in [7, 11) is -3.70. The number of nitrogens with one attached hydrogen (secondary N) is 1. The molecule has 0 spiro atoms. The van der Waals surface area contributed by atoms with Gasteiger partial charge in [0.25, 0.3) is 0 Å². The lowest BCUT2D eigenvalue weighted by Gasteiger charge is -2.10.